The number of likely N-dealkylation sites (tertiary alicyclic amines) is 2. The van der Waals surface area contributed by atoms with Crippen molar-refractivity contribution in [1.82, 2.24) is 30.4 Å². The molecule has 17 nitrogen and oxygen atoms in total. The number of imidazole rings is 1. The maximum atomic E-state index is 14.5. The van der Waals surface area contributed by atoms with Crippen LogP contribution in [0, 0.1) is 11.8 Å². The molecule has 3 fully saturated rings. The van der Waals surface area contributed by atoms with E-state index in [0.29, 0.717) is 43.5 Å². The Hall–Kier alpha value is -6.85. The molecule has 1 aliphatic carbocycles. The van der Waals surface area contributed by atoms with Crippen LogP contribution in [0.15, 0.2) is 79.0 Å². The van der Waals surface area contributed by atoms with Gasteiger partial charge < -0.3 is 59.7 Å². The number of ether oxygens (including phenoxy) is 5. The average Bonchev–Trinajstić information content (AvgIpc) is 3.81. The quantitative estimate of drug-likeness (QED) is 0.0934. The number of piperidine rings is 1. The van der Waals surface area contributed by atoms with E-state index in [1.807, 2.05) is 46.3 Å². The lowest BCUT2D eigenvalue weighted by molar-refractivity contribution is -0.139. The molecule has 0 spiro atoms. The van der Waals surface area contributed by atoms with Crippen LogP contribution in [-0.4, -0.2) is 116 Å². The number of carbonyl (C=O) groups excluding carboxylic acids is 4. The van der Waals surface area contributed by atoms with E-state index in [4.69, 9.17) is 28.7 Å². The zero-order valence-corrected chi connectivity index (χ0v) is 37.5. The van der Waals surface area contributed by atoms with Gasteiger partial charge in [0.25, 0.3) is 0 Å². The highest BCUT2D eigenvalue weighted by Gasteiger charge is 2.56. The van der Waals surface area contributed by atoms with Crippen molar-refractivity contribution >= 4 is 46.1 Å². The number of rotatable bonds is 12. The molecule has 5 heterocycles. The van der Waals surface area contributed by atoms with Crippen molar-refractivity contribution in [3.05, 3.63) is 95.9 Å². The Balaban J connectivity index is 0.881. The molecule has 4 aromatic carbocycles. The minimum absolute atomic E-state index is 0.0901. The minimum atomic E-state index is -0.930. The molecule has 4 aliphatic heterocycles. The van der Waals surface area contributed by atoms with E-state index in [1.165, 1.54) is 21.3 Å². The number of nitrogens with zero attached hydrogens (tertiary/aromatic N) is 3. The van der Waals surface area contributed by atoms with Gasteiger partial charge in [-0.05, 0) is 84.0 Å². The number of hydrogen-bond acceptors (Lipinski definition) is 12. The molecule has 9 atom stereocenters. The Morgan fingerprint density at radius 2 is 1.67 bits per heavy atom. The summed E-state index contributed by atoms with van der Waals surface area (Å²) < 4.78 is 27.3. The molecule has 4 amide bonds. The second kappa shape index (κ2) is 17.5. The fourth-order valence-corrected chi connectivity index (χ4v) is 10.5. The van der Waals surface area contributed by atoms with Crippen molar-refractivity contribution < 1.29 is 42.9 Å². The highest BCUT2D eigenvalue weighted by Crippen LogP contribution is 2.54. The van der Waals surface area contributed by atoms with Gasteiger partial charge in [-0.3, -0.25) is 9.59 Å². The number of hydrogen-bond donors (Lipinski definition) is 5. The first-order chi connectivity index (χ1) is 32.1. The van der Waals surface area contributed by atoms with E-state index in [-0.39, 0.29) is 42.0 Å². The molecule has 1 saturated carbocycles. The number of methoxy groups -OCH3 is 4. The third-order valence-corrected chi connectivity index (χ3v) is 14.0. The predicted molar refractivity (Wildman–Crippen MR) is 244 cm³/mol. The molecule has 17 heteroatoms. The van der Waals surface area contributed by atoms with E-state index in [1.54, 1.807) is 14.0 Å². The molecule has 344 valence electrons. The number of H-pyrrole nitrogens is 1. The summed E-state index contributed by atoms with van der Waals surface area (Å²) in [6.07, 6.45) is 1.96. The first-order valence-electron chi connectivity index (χ1n) is 22.4. The highest BCUT2D eigenvalue weighted by molar-refractivity contribution is 6.05. The standard InChI is InChI=1S/C49H54N8O9/c1-25(63-3)41(54-48(60)64-4)47(59)57-37-18-30(37)19-39(57)44-50-21-36(52-44)29-11-13-32-31(16-29)24-66-40-20-33-28(17-34(32)40)12-14-35-43(33)53-45(51-35)38-15-26(23-62-2)22-56(38)46(58)42(55-49(61)65-5)27-9-7-6-8-10-27/h6-14,16-17,20-21,25-26,30,37-39,41-42,45,51,53H,15,18-19,22-24H2,1-5H3,(H,50,52)(H,54,60)(H,55,61)/t25-,26+,30?,37-,38+,39+,41+,42-,45?/m1/s1. The summed E-state index contributed by atoms with van der Waals surface area (Å²) in [5.74, 6) is 1.51. The molecular weight excluding hydrogens is 845 g/mol. The lowest BCUT2D eigenvalue weighted by Crippen LogP contribution is -2.54. The number of nitrogens with one attached hydrogen (secondary N) is 5. The Morgan fingerprint density at radius 3 is 2.44 bits per heavy atom. The number of fused-ring (bicyclic) bond motifs is 7. The molecule has 10 rings (SSSR count). The van der Waals surface area contributed by atoms with Crippen LogP contribution in [0.25, 0.3) is 33.2 Å². The summed E-state index contributed by atoms with van der Waals surface area (Å²) >= 11 is 0. The molecule has 2 unspecified atom stereocenters. The normalized spacial score (nSPS) is 23.5. The van der Waals surface area contributed by atoms with Crippen molar-refractivity contribution in [2.45, 2.75) is 75.3 Å². The van der Waals surface area contributed by atoms with E-state index >= 15 is 0 Å². The lowest BCUT2D eigenvalue weighted by atomic mass is 9.92. The van der Waals surface area contributed by atoms with Gasteiger partial charge in [0, 0.05) is 43.7 Å². The van der Waals surface area contributed by atoms with Gasteiger partial charge in [0.1, 0.15) is 36.4 Å². The van der Waals surface area contributed by atoms with Crippen molar-refractivity contribution in [3.8, 4) is 28.1 Å². The molecule has 0 bridgehead atoms. The topological polar surface area (TPSA) is 198 Å². The molecule has 2 saturated heterocycles. The van der Waals surface area contributed by atoms with Crippen LogP contribution in [-0.2, 0) is 35.1 Å². The van der Waals surface area contributed by atoms with Gasteiger partial charge in [-0.2, -0.15) is 0 Å². The number of aromatic nitrogens is 2. The predicted octanol–water partition coefficient (Wildman–Crippen LogP) is 6.34. The Kier molecular flexibility index (Phi) is 11.4. The number of carbonyl (C=O) groups is 4. The minimum Gasteiger partial charge on any atom is -0.488 e. The first kappa shape index (κ1) is 43.1. The summed E-state index contributed by atoms with van der Waals surface area (Å²) in [5, 5.41) is 14.9. The van der Waals surface area contributed by atoms with Crippen LogP contribution in [0.1, 0.15) is 55.2 Å². The van der Waals surface area contributed by atoms with Gasteiger partial charge in [-0.25, -0.2) is 14.6 Å². The summed E-state index contributed by atoms with van der Waals surface area (Å²) in [6.45, 7) is 3.09. The number of amides is 4. The van der Waals surface area contributed by atoms with E-state index in [9.17, 15) is 19.2 Å². The summed E-state index contributed by atoms with van der Waals surface area (Å²) in [7, 11) is 5.74. The van der Waals surface area contributed by atoms with Crippen molar-refractivity contribution in [3.63, 3.8) is 0 Å². The zero-order chi connectivity index (χ0) is 45.8. The molecule has 5 N–H and O–H groups in total. The monoisotopic (exact) mass is 898 g/mol. The maximum Gasteiger partial charge on any atom is 0.407 e. The second-order valence-electron chi connectivity index (χ2n) is 17.9. The van der Waals surface area contributed by atoms with Gasteiger partial charge in [0.15, 0.2) is 0 Å². The van der Waals surface area contributed by atoms with Crippen molar-refractivity contribution in [2.75, 3.05) is 52.2 Å². The van der Waals surface area contributed by atoms with E-state index in [2.05, 4.69) is 68.7 Å². The smallest absolute Gasteiger partial charge is 0.407 e. The third kappa shape index (κ3) is 7.78. The average molecular weight is 899 g/mol. The number of benzene rings is 4. The fraction of sp³-hybridized carbons (Fsp3) is 0.408. The highest BCUT2D eigenvalue weighted by atomic mass is 16.5. The van der Waals surface area contributed by atoms with Crippen LogP contribution < -0.4 is 26.0 Å². The van der Waals surface area contributed by atoms with Crippen molar-refractivity contribution in [2.24, 2.45) is 11.8 Å². The number of aromatic amines is 1. The fourth-order valence-electron chi connectivity index (χ4n) is 10.5. The Morgan fingerprint density at radius 1 is 0.864 bits per heavy atom. The summed E-state index contributed by atoms with van der Waals surface area (Å²) in [4.78, 5) is 65.2. The molecule has 0 radical (unpaired) electrons. The molecule has 5 aliphatic rings. The molecule has 1 aromatic heterocycles. The molecule has 66 heavy (non-hydrogen) atoms. The van der Waals surface area contributed by atoms with Gasteiger partial charge in [-0.1, -0.05) is 48.5 Å². The molecule has 5 aromatic rings. The SMILES string of the molecule is COC[C@H]1C[C@@H](C2Nc3ccc4cc5c(cc4c3N2)OCc2cc(-c3cnc([C@@H]4CC6C[C@H]6N4C(=O)[C@@H](NC(=O)OC)[C@@H](C)OC)[nH]3)ccc2-5)N(C(=O)[C@H](NC(=O)OC)c2ccccc2)C1. The molecular formula is C49H54N8O9. The van der Waals surface area contributed by atoms with E-state index in [0.717, 1.165) is 68.7 Å². The largest absolute Gasteiger partial charge is 0.488 e. The van der Waals surface area contributed by atoms with Crippen LogP contribution in [0.4, 0.5) is 21.0 Å². The Bertz CT molecular complexity index is 2690. The Labute approximate surface area is 381 Å². The first-order valence-corrected chi connectivity index (χ1v) is 22.4. The maximum absolute atomic E-state index is 14.5. The van der Waals surface area contributed by atoms with Gasteiger partial charge in [-0.15, -0.1) is 0 Å². The van der Waals surface area contributed by atoms with Crippen LogP contribution in [0.2, 0.25) is 0 Å². The second-order valence-corrected chi connectivity index (χ2v) is 17.9. The van der Waals surface area contributed by atoms with Gasteiger partial charge in [0.05, 0.1) is 62.3 Å². The van der Waals surface area contributed by atoms with Crippen LogP contribution >= 0.6 is 0 Å². The third-order valence-electron chi connectivity index (χ3n) is 14.0. The van der Waals surface area contributed by atoms with Gasteiger partial charge >= 0.3 is 12.2 Å². The summed E-state index contributed by atoms with van der Waals surface area (Å²) in [5.41, 5.74) is 7.39. The van der Waals surface area contributed by atoms with E-state index < -0.39 is 30.4 Å². The number of anilines is 2. The van der Waals surface area contributed by atoms with Crippen LogP contribution in [0.3, 0.4) is 0 Å². The summed E-state index contributed by atoms with van der Waals surface area (Å²) in [6, 6.07) is 21.7. The lowest BCUT2D eigenvalue weighted by Gasteiger charge is -2.32. The zero-order valence-electron chi connectivity index (χ0n) is 37.5. The van der Waals surface area contributed by atoms with Gasteiger partial charge in [0.2, 0.25) is 11.8 Å². The van der Waals surface area contributed by atoms with Crippen molar-refractivity contribution in [1.29, 1.82) is 0 Å². The number of alkyl carbamates (subject to hydrolysis) is 2. The van der Waals surface area contributed by atoms with Crippen LogP contribution in [0.5, 0.6) is 5.75 Å².